The van der Waals surface area contributed by atoms with Crippen molar-refractivity contribution in [3.63, 3.8) is 0 Å². The maximum Gasteiger partial charge on any atom is 0.223 e. The standard InChI is InChI=1S/C13H26N2O2/c1-4-12(2,8-9-14)15-11(16)10-13(17-3)6-5-7-13/h4-10,14H2,1-3H3,(H,15,16). The van der Waals surface area contributed by atoms with Crippen LogP contribution in [0.4, 0.5) is 0 Å². The summed E-state index contributed by atoms with van der Waals surface area (Å²) in [5.41, 5.74) is 5.21. The topological polar surface area (TPSA) is 64.3 Å². The molecule has 0 saturated heterocycles. The lowest BCUT2D eigenvalue weighted by atomic mass is 9.77. The number of amides is 1. The molecule has 4 nitrogen and oxygen atoms in total. The maximum atomic E-state index is 12.0. The van der Waals surface area contributed by atoms with Crippen LogP contribution in [0, 0.1) is 0 Å². The number of hydrogen-bond donors (Lipinski definition) is 2. The molecule has 1 atom stereocenters. The van der Waals surface area contributed by atoms with E-state index < -0.39 is 0 Å². The second-order valence-electron chi connectivity index (χ2n) is 5.42. The van der Waals surface area contributed by atoms with Gasteiger partial charge in [0.25, 0.3) is 0 Å². The minimum Gasteiger partial charge on any atom is -0.378 e. The fourth-order valence-corrected chi connectivity index (χ4v) is 2.34. The fraction of sp³-hybridized carbons (Fsp3) is 0.923. The largest absolute Gasteiger partial charge is 0.378 e. The van der Waals surface area contributed by atoms with Crippen LogP contribution in [0.3, 0.4) is 0 Å². The lowest BCUT2D eigenvalue weighted by Gasteiger charge is -2.41. The van der Waals surface area contributed by atoms with Crippen molar-refractivity contribution in [3.05, 3.63) is 0 Å². The molecular weight excluding hydrogens is 216 g/mol. The SMILES string of the molecule is CCC(C)(CCN)NC(=O)CC1(OC)CCC1. The Kier molecular flexibility index (Phi) is 4.95. The quantitative estimate of drug-likeness (QED) is 0.712. The molecule has 0 aromatic carbocycles. The first-order valence-electron chi connectivity index (χ1n) is 6.55. The first-order chi connectivity index (χ1) is 7.99. The molecule has 0 aliphatic heterocycles. The summed E-state index contributed by atoms with van der Waals surface area (Å²) in [5.74, 6) is 0.0874. The molecule has 1 unspecified atom stereocenters. The highest BCUT2D eigenvalue weighted by Crippen LogP contribution is 2.38. The third kappa shape index (κ3) is 3.68. The summed E-state index contributed by atoms with van der Waals surface area (Å²) in [6.45, 7) is 4.73. The van der Waals surface area contributed by atoms with Crippen LogP contribution in [0.2, 0.25) is 0 Å². The van der Waals surface area contributed by atoms with Gasteiger partial charge in [-0.25, -0.2) is 0 Å². The van der Waals surface area contributed by atoms with Crippen molar-refractivity contribution < 1.29 is 9.53 Å². The molecule has 100 valence electrons. The van der Waals surface area contributed by atoms with Gasteiger partial charge in [-0.1, -0.05) is 6.92 Å². The number of nitrogens with one attached hydrogen (secondary N) is 1. The minimum atomic E-state index is -0.193. The molecular formula is C13H26N2O2. The predicted octanol–water partition coefficient (Wildman–Crippen LogP) is 1.58. The molecule has 0 heterocycles. The summed E-state index contributed by atoms with van der Waals surface area (Å²) in [6, 6.07) is 0. The maximum absolute atomic E-state index is 12.0. The van der Waals surface area contributed by atoms with Gasteiger partial charge in [0.05, 0.1) is 12.0 Å². The molecule has 1 amide bonds. The summed E-state index contributed by atoms with van der Waals surface area (Å²) in [7, 11) is 1.70. The van der Waals surface area contributed by atoms with E-state index in [9.17, 15) is 4.79 Å². The summed E-state index contributed by atoms with van der Waals surface area (Å²) in [6.07, 6.45) is 5.34. The second-order valence-corrected chi connectivity index (χ2v) is 5.42. The predicted molar refractivity (Wildman–Crippen MR) is 68.7 cm³/mol. The molecule has 3 N–H and O–H groups in total. The van der Waals surface area contributed by atoms with E-state index in [1.165, 1.54) is 0 Å². The van der Waals surface area contributed by atoms with Gasteiger partial charge in [0.15, 0.2) is 0 Å². The molecule has 1 rings (SSSR count). The van der Waals surface area contributed by atoms with Gasteiger partial charge in [-0.15, -0.1) is 0 Å². The van der Waals surface area contributed by atoms with Gasteiger partial charge in [0.2, 0.25) is 5.91 Å². The van der Waals surface area contributed by atoms with Crippen molar-refractivity contribution in [2.45, 2.75) is 63.5 Å². The van der Waals surface area contributed by atoms with Crippen molar-refractivity contribution in [2.75, 3.05) is 13.7 Å². The molecule has 0 aromatic rings. The zero-order chi connectivity index (χ0) is 12.9. The number of carbonyl (C=O) groups excluding carboxylic acids is 1. The molecule has 0 aromatic heterocycles. The van der Waals surface area contributed by atoms with Crippen LogP contribution >= 0.6 is 0 Å². The number of ether oxygens (including phenoxy) is 1. The summed E-state index contributed by atoms with van der Waals surface area (Å²) in [5, 5.41) is 3.10. The van der Waals surface area contributed by atoms with Crippen LogP contribution in [0.5, 0.6) is 0 Å². The highest BCUT2D eigenvalue weighted by Gasteiger charge is 2.39. The monoisotopic (exact) mass is 242 g/mol. The molecule has 0 bridgehead atoms. The number of rotatable bonds is 7. The van der Waals surface area contributed by atoms with Crippen molar-refractivity contribution in [3.8, 4) is 0 Å². The summed E-state index contributed by atoms with van der Waals surface area (Å²) < 4.78 is 5.47. The van der Waals surface area contributed by atoms with Gasteiger partial charge in [-0.3, -0.25) is 4.79 Å². The Labute approximate surface area is 104 Å². The van der Waals surface area contributed by atoms with E-state index in [1.807, 2.05) is 0 Å². The van der Waals surface area contributed by atoms with Crippen molar-refractivity contribution in [2.24, 2.45) is 5.73 Å². The Balaban J connectivity index is 2.47. The molecule has 1 aliphatic carbocycles. The van der Waals surface area contributed by atoms with E-state index in [4.69, 9.17) is 10.5 Å². The minimum absolute atomic E-state index is 0.0874. The Hall–Kier alpha value is -0.610. The molecule has 1 fully saturated rings. The van der Waals surface area contributed by atoms with Crippen molar-refractivity contribution in [1.29, 1.82) is 0 Å². The van der Waals surface area contributed by atoms with E-state index in [0.717, 1.165) is 32.1 Å². The van der Waals surface area contributed by atoms with Crippen LogP contribution in [-0.4, -0.2) is 30.7 Å². The number of hydrogen-bond acceptors (Lipinski definition) is 3. The normalized spacial score (nSPS) is 21.4. The number of carbonyl (C=O) groups is 1. The van der Waals surface area contributed by atoms with Gasteiger partial charge in [0.1, 0.15) is 0 Å². The van der Waals surface area contributed by atoms with Crippen LogP contribution in [0.25, 0.3) is 0 Å². The van der Waals surface area contributed by atoms with Crippen LogP contribution in [0.15, 0.2) is 0 Å². The number of methoxy groups -OCH3 is 1. The molecule has 17 heavy (non-hydrogen) atoms. The third-order valence-electron chi connectivity index (χ3n) is 4.10. The third-order valence-corrected chi connectivity index (χ3v) is 4.10. The molecule has 4 heteroatoms. The van der Waals surface area contributed by atoms with Crippen molar-refractivity contribution >= 4 is 5.91 Å². The van der Waals surface area contributed by atoms with E-state index in [-0.39, 0.29) is 17.0 Å². The lowest BCUT2D eigenvalue weighted by Crippen LogP contribution is -2.51. The van der Waals surface area contributed by atoms with E-state index >= 15 is 0 Å². The smallest absolute Gasteiger partial charge is 0.223 e. The Morgan fingerprint density at radius 2 is 2.18 bits per heavy atom. The average Bonchev–Trinajstić information content (AvgIpc) is 2.24. The first kappa shape index (κ1) is 14.5. The number of nitrogens with two attached hydrogens (primary N) is 1. The summed E-state index contributed by atoms with van der Waals surface area (Å²) in [4.78, 5) is 12.0. The highest BCUT2D eigenvalue weighted by molar-refractivity contribution is 5.78. The fourth-order valence-electron chi connectivity index (χ4n) is 2.34. The molecule has 0 radical (unpaired) electrons. The zero-order valence-electron chi connectivity index (χ0n) is 11.3. The van der Waals surface area contributed by atoms with Gasteiger partial charge < -0.3 is 15.8 Å². The molecule has 0 spiro atoms. The Bertz CT molecular complexity index is 259. The molecule has 1 saturated carbocycles. The van der Waals surface area contributed by atoms with E-state index in [2.05, 4.69) is 19.2 Å². The average molecular weight is 242 g/mol. The Morgan fingerprint density at radius 1 is 1.53 bits per heavy atom. The van der Waals surface area contributed by atoms with Gasteiger partial charge in [-0.2, -0.15) is 0 Å². The van der Waals surface area contributed by atoms with Crippen molar-refractivity contribution in [1.82, 2.24) is 5.32 Å². The summed E-state index contributed by atoms with van der Waals surface area (Å²) >= 11 is 0. The van der Waals surface area contributed by atoms with Crippen LogP contribution in [-0.2, 0) is 9.53 Å². The van der Waals surface area contributed by atoms with Gasteiger partial charge >= 0.3 is 0 Å². The highest BCUT2D eigenvalue weighted by atomic mass is 16.5. The van der Waals surface area contributed by atoms with Crippen LogP contribution < -0.4 is 11.1 Å². The zero-order valence-corrected chi connectivity index (χ0v) is 11.3. The van der Waals surface area contributed by atoms with E-state index in [1.54, 1.807) is 7.11 Å². The second kappa shape index (κ2) is 5.83. The Morgan fingerprint density at radius 3 is 2.53 bits per heavy atom. The van der Waals surface area contributed by atoms with Gasteiger partial charge in [0, 0.05) is 12.6 Å². The van der Waals surface area contributed by atoms with Crippen LogP contribution in [0.1, 0.15) is 52.4 Å². The van der Waals surface area contributed by atoms with E-state index in [0.29, 0.717) is 13.0 Å². The van der Waals surface area contributed by atoms with Gasteiger partial charge in [-0.05, 0) is 45.6 Å². The first-order valence-corrected chi connectivity index (χ1v) is 6.55. The molecule has 1 aliphatic rings. The lowest BCUT2D eigenvalue weighted by molar-refractivity contribution is -0.136.